The van der Waals surface area contributed by atoms with Gasteiger partial charge in [0.05, 0.1) is 17.6 Å². The Labute approximate surface area is 170 Å². The highest BCUT2D eigenvalue weighted by atomic mass is 127. The zero-order chi connectivity index (χ0) is 14.7. The van der Waals surface area contributed by atoms with Gasteiger partial charge in [0.25, 0.3) is 0 Å². The lowest BCUT2D eigenvalue weighted by Gasteiger charge is -2.17. The second-order valence-corrected chi connectivity index (χ2v) is 11.4. The SMILES string of the molecule is O=C(C(CBr)c1ccc(I)s1)C(CBr)c1ccc(I)s1. The molecule has 0 aliphatic heterocycles. The average Bonchev–Trinajstić information content (AvgIpc) is 3.01. The fraction of sp³-hybridized carbons (Fsp3) is 0.308. The number of halogens is 4. The summed E-state index contributed by atoms with van der Waals surface area (Å²) in [4.78, 5) is 15.2. The summed E-state index contributed by atoms with van der Waals surface area (Å²) in [5, 5.41) is 1.35. The third kappa shape index (κ3) is 4.27. The molecule has 0 saturated heterocycles. The summed E-state index contributed by atoms with van der Waals surface area (Å²) < 4.78 is 2.44. The Morgan fingerprint density at radius 3 is 1.60 bits per heavy atom. The van der Waals surface area contributed by atoms with E-state index in [0.717, 1.165) is 9.75 Å². The molecule has 0 saturated carbocycles. The van der Waals surface area contributed by atoms with Gasteiger partial charge in [-0.3, -0.25) is 4.79 Å². The van der Waals surface area contributed by atoms with Crippen LogP contribution in [0.1, 0.15) is 21.6 Å². The van der Waals surface area contributed by atoms with E-state index in [1.165, 1.54) is 5.77 Å². The van der Waals surface area contributed by atoms with Crippen molar-refractivity contribution in [3.63, 3.8) is 0 Å². The van der Waals surface area contributed by atoms with E-state index in [0.29, 0.717) is 10.7 Å². The minimum absolute atomic E-state index is 0.0640. The molecule has 2 rings (SSSR count). The van der Waals surface area contributed by atoms with Gasteiger partial charge >= 0.3 is 0 Å². The highest BCUT2D eigenvalue weighted by molar-refractivity contribution is 14.1. The fourth-order valence-corrected chi connectivity index (χ4v) is 7.19. The van der Waals surface area contributed by atoms with Crippen molar-refractivity contribution in [1.29, 1.82) is 0 Å². The van der Waals surface area contributed by atoms with E-state index in [1.807, 2.05) is 0 Å². The van der Waals surface area contributed by atoms with Gasteiger partial charge in [0.1, 0.15) is 0 Å². The van der Waals surface area contributed by atoms with Gasteiger partial charge in [-0.05, 0) is 69.4 Å². The van der Waals surface area contributed by atoms with Gasteiger partial charge in [-0.25, -0.2) is 0 Å². The second kappa shape index (κ2) is 8.37. The molecular formula is C13H10Br2I2OS2. The number of thiophene rings is 2. The molecule has 2 heterocycles. The summed E-state index contributed by atoms with van der Waals surface area (Å²) in [5.41, 5.74) is 0. The van der Waals surface area contributed by atoms with Crippen LogP contribution in [0.5, 0.6) is 0 Å². The first kappa shape index (κ1) is 17.8. The summed E-state index contributed by atoms with van der Waals surface area (Å²) in [6.45, 7) is 0. The quantitative estimate of drug-likeness (QED) is 0.265. The number of carbonyl (C=O) groups is 1. The maximum absolute atomic E-state index is 12.9. The molecule has 1 nitrogen and oxygen atoms in total. The normalized spacial score (nSPS) is 14.2. The topological polar surface area (TPSA) is 17.1 Å². The number of carbonyl (C=O) groups excluding carboxylic acids is 1. The second-order valence-electron chi connectivity index (χ2n) is 4.10. The molecule has 2 atom stereocenters. The number of rotatable bonds is 6. The van der Waals surface area contributed by atoms with Crippen LogP contribution >= 0.6 is 99.7 Å². The molecule has 0 bridgehead atoms. The summed E-state index contributed by atoms with van der Waals surface area (Å²) in [5.74, 6) is 0.159. The number of hydrogen-bond acceptors (Lipinski definition) is 3. The van der Waals surface area contributed by atoms with Crippen molar-refractivity contribution in [2.24, 2.45) is 0 Å². The third-order valence-corrected chi connectivity index (χ3v) is 8.18. The molecule has 0 aromatic carbocycles. The zero-order valence-corrected chi connectivity index (χ0v) is 19.2. The van der Waals surface area contributed by atoms with E-state index in [4.69, 9.17) is 0 Å². The van der Waals surface area contributed by atoms with E-state index >= 15 is 0 Å². The molecule has 0 aliphatic rings. The average molecular weight is 660 g/mol. The predicted molar refractivity (Wildman–Crippen MR) is 112 cm³/mol. The monoisotopic (exact) mass is 658 g/mol. The molecule has 2 aromatic rings. The molecule has 2 aromatic heterocycles. The standard InChI is InChI=1S/C13H10Br2I2OS2/c14-5-7(9-1-3-11(16)19-9)13(18)8(6-15)10-2-4-12(17)20-10/h1-4,7-8H,5-6H2. The molecule has 7 heteroatoms. The molecule has 0 N–H and O–H groups in total. The summed E-state index contributed by atoms with van der Waals surface area (Å²) in [6.07, 6.45) is 0. The van der Waals surface area contributed by atoms with Gasteiger partial charge in [-0.15, -0.1) is 22.7 Å². The van der Waals surface area contributed by atoms with Crippen molar-refractivity contribution in [3.8, 4) is 0 Å². The van der Waals surface area contributed by atoms with Crippen molar-refractivity contribution in [2.75, 3.05) is 10.7 Å². The molecule has 0 amide bonds. The lowest BCUT2D eigenvalue weighted by Crippen LogP contribution is -2.21. The van der Waals surface area contributed by atoms with Crippen LogP contribution in [0.25, 0.3) is 0 Å². The largest absolute Gasteiger partial charge is 0.298 e. The Morgan fingerprint density at radius 1 is 0.950 bits per heavy atom. The smallest absolute Gasteiger partial charge is 0.151 e. The molecule has 2 unspecified atom stereocenters. The van der Waals surface area contributed by atoms with Crippen LogP contribution in [0.2, 0.25) is 0 Å². The Kier molecular flexibility index (Phi) is 7.47. The van der Waals surface area contributed by atoms with Crippen molar-refractivity contribution in [2.45, 2.75) is 11.8 Å². The van der Waals surface area contributed by atoms with Crippen molar-refractivity contribution in [3.05, 3.63) is 39.8 Å². The van der Waals surface area contributed by atoms with Crippen LogP contribution in [-0.2, 0) is 4.79 Å². The third-order valence-electron chi connectivity index (χ3n) is 2.87. The van der Waals surface area contributed by atoms with Gasteiger partial charge in [-0.1, -0.05) is 31.9 Å². The Bertz CT molecular complexity index is 546. The maximum atomic E-state index is 12.9. The summed E-state index contributed by atoms with van der Waals surface area (Å²) in [7, 11) is 0. The number of hydrogen-bond donors (Lipinski definition) is 0. The van der Waals surface area contributed by atoms with E-state index in [2.05, 4.69) is 101 Å². The number of alkyl halides is 2. The summed E-state index contributed by atoms with van der Waals surface area (Å²) in [6, 6.07) is 8.28. The van der Waals surface area contributed by atoms with Gasteiger partial charge < -0.3 is 0 Å². The number of Topliss-reactive ketones (excluding diaryl/α,β-unsaturated/α-hetero) is 1. The lowest BCUT2D eigenvalue weighted by atomic mass is 9.93. The van der Waals surface area contributed by atoms with E-state index in [-0.39, 0.29) is 17.6 Å². The first-order valence-corrected chi connectivity index (χ1v) is 11.8. The fourth-order valence-electron chi connectivity index (χ4n) is 1.86. The highest BCUT2D eigenvalue weighted by Gasteiger charge is 2.29. The Balaban J connectivity index is 2.26. The molecule has 0 radical (unpaired) electrons. The minimum atomic E-state index is -0.0640. The Morgan fingerprint density at radius 2 is 1.35 bits per heavy atom. The molecule has 108 valence electrons. The highest BCUT2D eigenvalue weighted by Crippen LogP contribution is 2.35. The van der Waals surface area contributed by atoms with Crippen molar-refractivity contribution >= 4 is 105 Å². The Hall–Kier alpha value is 1.49. The van der Waals surface area contributed by atoms with Gasteiger partial charge in [0, 0.05) is 20.4 Å². The van der Waals surface area contributed by atoms with Crippen LogP contribution < -0.4 is 0 Å². The van der Waals surface area contributed by atoms with Crippen LogP contribution in [0, 0.1) is 5.77 Å². The van der Waals surface area contributed by atoms with Gasteiger partial charge in [0.15, 0.2) is 5.78 Å². The van der Waals surface area contributed by atoms with Crippen molar-refractivity contribution < 1.29 is 4.79 Å². The molecule has 0 aliphatic carbocycles. The maximum Gasteiger partial charge on any atom is 0.151 e. The van der Waals surface area contributed by atoms with Crippen LogP contribution in [-0.4, -0.2) is 16.4 Å². The minimum Gasteiger partial charge on any atom is -0.298 e. The molecule has 20 heavy (non-hydrogen) atoms. The zero-order valence-electron chi connectivity index (χ0n) is 10.1. The van der Waals surface area contributed by atoms with E-state index < -0.39 is 0 Å². The molecular weight excluding hydrogens is 650 g/mol. The number of ketones is 1. The van der Waals surface area contributed by atoms with Gasteiger partial charge in [-0.2, -0.15) is 0 Å². The van der Waals surface area contributed by atoms with E-state index in [1.54, 1.807) is 22.7 Å². The predicted octanol–water partition coefficient (Wildman–Crippen LogP) is 6.25. The molecule has 0 spiro atoms. The van der Waals surface area contributed by atoms with Crippen LogP contribution in [0.4, 0.5) is 0 Å². The van der Waals surface area contributed by atoms with Gasteiger partial charge in [0.2, 0.25) is 0 Å². The van der Waals surface area contributed by atoms with Crippen LogP contribution in [0.3, 0.4) is 0 Å². The lowest BCUT2D eigenvalue weighted by molar-refractivity contribution is -0.120. The molecule has 0 fully saturated rings. The first-order chi connectivity index (χ1) is 9.56. The van der Waals surface area contributed by atoms with Crippen LogP contribution in [0.15, 0.2) is 24.3 Å². The summed E-state index contributed by atoms with van der Waals surface area (Å²) >= 11 is 15.0. The first-order valence-electron chi connectivity index (χ1n) is 5.73. The van der Waals surface area contributed by atoms with E-state index in [9.17, 15) is 4.79 Å². The van der Waals surface area contributed by atoms with Crippen molar-refractivity contribution in [1.82, 2.24) is 0 Å².